The van der Waals surface area contributed by atoms with Gasteiger partial charge >= 0.3 is 0 Å². The minimum atomic E-state index is -0.114. The van der Waals surface area contributed by atoms with E-state index >= 15 is 0 Å². The van der Waals surface area contributed by atoms with Crippen molar-refractivity contribution >= 4 is 5.91 Å². The zero-order valence-electron chi connectivity index (χ0n) is 10.7. The molecule has 1 aromatic rings. The highest BCUT2D eigenvalue weighted by atomic mass is 16.5. The summed E-state index contributed by atoms with van der Waals surface area (Å²) < 4.78 is 5.06. The zero-order chi connectivity index (χ0) is 13.4. The van der Waals surface area contributed by atoms with Gasteiger partial charge in [0.15, 0.2) is 0 Å². The lowest BCUT2D eigenvalue weighted by Crippen LogP contribution is -2.31. The molecule has 0 spiro atoms. The van der Waals surface area contributed by atoms with E-state index in [2.05, 4.69) is 17.2 Å². The van der Waals surface area contributed by atoms with Crippen LogP contribution in [0.5, 0.6) is 0 Å². The van der Waals surface area contributed by atoms with Crippen LogP contribution in [0.1, 0.15) is 22.8 Å². The van der Waals surface area contributed by atoms with Crippen molar-refractivity contribution in [2.24, 2.45) is 5.73 Å². The monoisotopic (exact) mass is 246 g/mol. The zero-order valence-corrected chi connectivity index (χ0v) is 10.7. The molecule has 0 saturated carbocycles. The maximum Gasteiger partial charge on any atom is 0.251 e. The molecule has 1 atom stereocenters. The van der Waals surface area contributed by atoms with Gasteiger partial charge in [0.1, 0.15) is 0 Å². The average Bonchev–Trinajstić information content (AvgIpc) is 2.42. The van der Waals surface area contributed by atoms with Gasteiger partial charge in [0.2, 0.25) is 0 Å². The second-order valence-electron chi connectivity index (χ2n) is 3.84. The van der Waals surface area contributed by atoms with Crippen LogP contribution in [-0.2, 0) is 4.74 Å². The number of benzene rings is 1. The molecule has 0 aliphatic carbocycles. The van der Waals surface area contributed by atoms with Crippen molar-refractivity contribution in [3.63, 3.8) is 0 Å². The molecule has 3 N–H and O–H groups in total. The SMILES string of the molecule is COC(C)CNC(=O)c1ccc(C#CCN)cc1. The van der Waals surface area contributed by atoms with Gasteiger partial charge in [0.05, 0.1) is 12.6 Å². The molecule has 0 aromatic heterocycles. The van der Waals surface area contributed by atoms with Crippen molar-refractivity contribution in [1.29, 1.82) is 0 Å². The number of hydrogen-bond acceptors (Lipinski definition) is 3. The Bertz CT molecular complexity index is 443. The molecule has 0 aliphatic rings. The fourth-order valence-corrected chi connectivity index (χ4v) is 1.28. The summed E-state index contributed by atoms with van der Waals surface area (Å²) in [6.45, 7) is 2.72. The average molecular weight is 246 g/mol. The van der Waals surface area contributed by atoms with E-state index in [-0.39, 0.29) is 12.0 Å². The van der Waals surface area contributed by atoms with Gasteiger partial charge in [-0.15, -0.1) is 0 Å². The van der Waals surface area contributed by atoms with Crippen molar-refractivity contribution < 1.29 is 9.53 Å². The highest BCUT2D eigenvalue weighted by Crippen LogP contribution is 2.03. The fraction of sp³-hybridized carbons (Fsp3) is 0.357. The lowest BCUT2D eigenvalue weighted by molar-refractivity contribution is 0.0870. The molecule has 1 amide bonds. The number of rotatable bonds is 4. The van der Waals surface area contributed by atoms with Crippen molar-refractivity contribution in [3.05, 3.63) is 35.4 Å². The van der Waals surface area contributed by atoms with Crippen LogP contribution in [-0.4, -0.2) is 32.2 Å². The highest BCUT2D eigenvalue weighted by molar-refractivity contribution is 5.94. The molecule has 0 aliphatic heterocycles. The number of carbonyl (C=O) groups excluding carboxylic acids is 1. The Kier molecular flexibility index (Phi) is 5.92. The van der Waals surface area contributed by atoms with Crippen LogP contribution in [0, 0.1) is 11.8 Å². The molecule has 96 valence electrons. The molecule has 1 unspecified atom stereocenters. The number of hydrogen-bond donors (Lipinski definition) is 2. The number of nitrogens with two attached hydrogens (primary N) is 1. The first-order chi connectivity index (χ1) is 8.67. The van der Waals surface area contributed by atoms with Crippen molar-refractivity contribution in [2.75, 3.05) is 20.2 Å². The van der Waals surface area contributed by atoms with E-state index in [1.165, 1.54) is 0 Å². The van der Waals surface area contributed by atoms with E-state index in [1.807, 2.05) is 6.92 Å². The van der Waals surface area contributed by atoms with Crippen LogP contribution < -0.4 is 11.1 Å². The van der Waals surface area contributed by atoms with E-state index in [9.17, 15) is 4.79 Å². The van der Waals surface area contributed by atoms with Gasteiger partial charge in [0.25, 0.3) is 5.91 Å². The Morgan fingerprint density at radius 3 is 2.67 bits per heavy atom. The fourth-order valence-electron chi connectivity index (χ4n) is 1.28. The number of amides is 1. The summed E-state index contributed by atoms with van der Waals surface area (Å²) in [6, 6.07) is 7.09. The standard InChI is InChI=1S/C14H18N2O2/c1-11(18-2)10-16-14(17)13-7-5-12(6-8-13)4-3-9-15/h5-8,11H,9-10,15H2,1-2H3,(H,16,17). The van der Waals surface area contributed by atoms with Crippen LogP contribution in [0.3, 0.4) is 0 Å². The minimum Gasteiger partial charge on any atom is -0.380 e. The maximum absolute atomic E-state index is 11.8. The normalized spacial score (nSPS) is 11.3. The molecule has 0 heterocycles. The number of ether oxygens (including phenoxy) is 1. The van der Waals surface area contributed by atoms with Gasteiger partial charge in [-0.25, -0.2) is 0 Å². The summed E-state index contributed by atoms with van der Waals surface area (Å²) in [6.07, 6.45) is 0.00337. The molecule has 1 rings (SSSR count). The van der Waals surface area contributed by atoms with E-state index < -0.39 is 0 Å². The van der Waals surface area contributed by atoms with E-state index in [1.54, 1.807) is 31.4 Å². The summed E-state index contributed by atoms with van der Waals surface area (Å²) in [5.74, 6) is 5.55. The summed E-state index contributed by atoms with van der Waals surface area (Å²) in [7, 11) is 1.61. The van der Waals surface area contributed by atoms with Crippen LogP contribution in [0.25, 0.3) is 0 Å². The topological polar surface area (TPSA) is 64.3 Å². The third-order valence-corrected chi connectivity index (χ3v) is 2.43. The molecule has 0 bridgehead atoms. The first-order valence-electron chi connectivity index (χ1n) is 5.77. The van der Waals surface area contributed by atoms with Crippen LogP contribution >= 0.6 is 0 Å². The third kappa shape index (κ3) is 4.58. The second kappa shape index (κ2) is 7.49. The van der Waals surface area contributed by atoms with Gasteiger partial charge in [-0.3, -0.25) is 4.79 Å². The van der Waals surface area contributed by atoms with Crippen molar-refractivity contribution in [1.82, 2.24) is 5.32 Å². The lowest BCUT2D eigenvalue weighted by Gasteiger charge is -2.10. The van der Waals surface area contributed by atoms with Crippen molar-refractivity contribution in [2.45, 2.75) is 13.0 Å². The Morgan fingerprint density at radius 2 is 2.11 bits per heavy atom. The van der Waals surface area contributed by atoms with E-state index in [0.29, 0.717) is 18.7 Å². The molecular formula is C14H18N2O2. The minimum absolute atomic E-state index is 0.00337. The lowest BCUT2D eigenvalue weighted by atomic mass is 10.1. The molecular weight excluding hydrogens is 228 g/mol. The Hall–Kier alpha value is -1.83. The Morgan fingerprint density at radius 1 is 1.44 bits per heavy atom. The van der Waals surface area contributed by atoms with E-state index in [0.717, 1.165) is 5.56 Å². The van der Waals surface area contributed by atoms with Crippen LogP contribution in [0.4, 0.5) is 0 Å². The first kappa shape index (κ1) is 14.2. The number of methoxy groups -OCH3 is 1. The Balaban J connectivity index is 2.59. The van der Waals surface area contributed by atoms with Gasteiger partial charge in [-0.05, 0) is 31.2 Å². The molecule has 0 radical (unpaired) electrons. The first-order valence-corrected chi connectivity index (χ1v) is 5.77. The second-order valence-corrected chi connectivity index (χ2v) is 3.84. The smallest absolute Gasteiger partial charge is 0.251 e. The third-order valence-electron chi connectivity index (χ3n) is 2.43. The molecule has 1 aromatic carbocycles. The molecule has 18 heavy (non-hydrogen) atoms. The summed E-state index contributed by atoms with van der Waals surface area (Å²) in [4.78, 5) is 11.8. The number of carbonyl (C=O) groups is 1. The molecule has 0 fully saturated rings. The summed E-state index contributed by atoms with van der Waals surface area (Å²) in [5, 5.41) is 2.79. The highest BCUT2D eigenvalue weighted by Gasteiger charge is 2.06. The van der Waals surface area contributed by atoms with Crippen LogP contribution in [0.2, 0.25) is 0 Å². The quantitative estimate of drug-likeness (QED) is 0.771. The van der Waals surface area contributed by atoms with E-state index in [4.69, 9.17) is 10.5 Å². The summed E-state index contributed by atoms with van der Waals surface area (Å²) in [5.41, 5.74) is 6.74. The van der Waals surface area contributed by atoms with Gasteiger partial charge in [-0.1, -0.05) is 11.8 Å². The van der Waals surface area contributed by atoms with Gasteiger partial charge in [-0.2, -0.15) is 0 Å². The molecule has 4 nitrogen and oxygen atoms in total. The predicted octanol–water partition coefficient (Wildman–Crippen LogP) is 0.761. The predicted molar refractivity (Wildman–Crippen MR) is 71.2 cm³/mol. The van der Waals surface area contributed by atoms with Gasteiger partial charge < -0.3 is 15.8 Å². The summed E-state index contributed by atoms with van der Waals surface area (Å²) >= 11 is 0. The largest absolute Gasteiger partial charge is 0.380 e. The van der Waals surface area contributed by atoms with Crippen molar-refractivity contribution in [3.8, 4) is 11.8 Å². The molecule has 0 saturated heterocycles. The van der Waals surface area contributed by atoms with Crippen LogP contribution in [0.15, 0.2) is 24.3 Å². The molecule has 4 heteroatoms. The number of nitrogens with one attached hydrogen (secondary N) is 1. The Labute approximate surface area is 108 Å². The maximum atomic E-state index is 11.8. The van der Waals surface area contributed by atoms with Gasteiger partial charge in [0, 0.05) is 24.8 Å².